The molecule has 1 aliphatic rings. The largest absolute Gasteiger partial charge is 0.302 e. The van der Waals surface area contributed by atoms with Crippen molar-refractivity contribution in [1.29, 1.82) is 0 Å². The Kier molecular flexibility index (Phi) is 5.23. The molecule has 0 unspecified atom stereocenters. The van der Waals surface area contributed by atoms with Gasteiger partial charge in [-0.25, -0.2) is 19.1 Å². The number of hydrazine groups is 2. The fourth-order valence-electron chi connectivity index (χ4n) is 2.78. The summed E-state index contributed by atoms with van der Waals surface area (Å²) in [7, 11) is -1.85. The van der Waals surface area contributed by atoms with Gasteiger partial charge in [0, 0.05) is 12.1 Å². The number of nitrogens with two attached hydrogens (primary N) is 1. The molecule has 0 saturated heterocycles. The zero-order valence-corrected chi connectivity index (χ0v) is 15.5. The molecule has 1 heterocycles. The number of hydrogen-bond acceptors (Lipinski definition) is 7. The monoisotopic (exact) mass is 374 g/mol. The summed E-state index contributed by atoms with van der Waals surface area (Å²) in [4.78, 5) is 2.22. The molecule has 8 nitrogen and oxygen atoms in total. The summed E-state index contributed by atoms with van der Waals surface area (Å²) in [5.74, 6) is 0.361. The minimum absolute atomic E-state index is 0.0153. The van der Waals surface area contributed by atoms with E-state index in [9.17, 15) is 8.42 Å². The van der Waals surface area contributed by atoms with E-state index in [4.69, 9.17) is 5.14 Å². The summed E-state index contributed by atoms with van der Waals surface area (Å²) in [6.07, 6.45) is 0. The standard InChI is InChI=1S/C17H22N6O2S/c1-3-23(2)11-12-7-9-13(10-8-12)14-5-4-6-15(26(18,24)25)16(14)17-19-21-22-20-17/h4-10,21-22H,3,11H2,1-2H3,(H,19,20)(H2,18,24,25). The van der Waals surface area contributed by atoms with Gasteiger partial charge in [0.2, 0.25) is 10.0 Å². The molecule has 0 saturated carbocycles. The van der Waals surface area contributed by atoms with Crippen molar-refractivity contribution < 1.29 is 8.42 Å². The van der Waals surface area contributed by atoms with Gasteiger partial charge in [-0.3, -0.25) is 5.43 Å². The van der Waals surface area contributed by atoms with Crippen molar-refractivity contribution in [2.75, 3.05) is 13.6 Å². The quantitative estimate of drug-likeness (QED) is 0.593. The molecule has 9 heteroatoms. The van der Waals surface area contributed by atoms with Crippen molar-refractivity contribution in [3.05, 3.63) is 53.6 Å². The van der Waals surface area contributed by atoms with Gasteiger partial charge in [0.05, 0.1) is 4.90 Å². The predicted molar refractivity (Wildman–Crippen MR) is 101 cm³/mol. The maximum atomic E-state index is 12.1. The van der Waals surface area contributed by atoms with Gasteiger partial charge < -0.3 is 4.90 Å². The molecule has 2 aromatic rings. The Morgan fingerprint density at radius 3 is 2.46 bits per heavy atom. The number of rotatable bonds is 6. The molecule has 2 aromatic carbocycles. The first kappa shape index (κ1) is 18.3. The van der Waals surface area contributed by atoms with E-state index in [1.165, 1.54) is 11.6 Å². The minimum atomic E-state index is -3.91. The third-order valence-electron chi connectivity index (χ3n) is 4.23. The molecule has 26 heavy (non-hydrogen) atoms. The van der Waals surface area contributed by atoms with Crippen molar-refractivity contribution in [1.82, 2.24) is 21.4 Å². The second-order valence-corrected chi connectivity index (χ2v) is 7.60. The molecule has 0 aliphatic carbocycles. The average Bonchev–Trinajstić information content (AvgIpc) is 3.15. The molecule has 0 radical (unpaired) electrons. The summed E-state index contributed by atoms with van der Waals surface area (Å²) in [5, 5.41) is 9.46. The van der Waals surface area contributed by atoms with Crippen molar-refractivity contribution in [2.24, 2.45) is 10.2 Å². The fourth-order valence-corrected chi connectivity index (χ4v) is 3.54. The molecular weight excluding hydrogens is 352 g/mol. The summed E-state index contributed by atoms with van der Waals surface area (Å²) < 4.78 is 24.1. The topological polar surface area (TPSA) is 112 Å². The van der Waals surface area contributed by atoms with Crippen molar-refractivity contribution in [3.8, 4) is 11.1 Å². The molecule has 0 bridgehead atoms. The van der Waals surface area contributed by atoms with E-state index in [1.807, 2.05) is 30.3 Å². The predicted octanol–water partition coefficient (Wildman–Crippen LogP) is 0.727. The Labute approximate surface area is 153 Å². The zero-order valence-electron chi connectivity index (χ0n) is 14.7. The lowest BCUT2D eigenvalue weighted by atomic mass is 9.98. The number of hydrogen-bond donors (Lipinski definition) is 4. The molecule has 3 rings (SSSR count). The van der Waals surface area contributed by atoms with Gasteiger partial charge in [-0.15, -0.1) is 10.6 Å². The van der Waals surface area contributed by atoms with Crippen LogP contribution in [-0.4, -0.2) is 32.7 Å². The maximum Gasteiger partial charge on any atom is 0.238 e. The highest BCUT2D eigenvalue weighted by molar-refractivity contribution is 7.89. The minimum Gasteiger partial charge on any atom is -0.302 e. The summed E-state index contributed by atoms with van der Waals surface area (Å²) in [6.45, 7) is 3.92. The molecule has 5 N–H and O–H groups in total. The van der Waals surface area contributed by atoms with E-state index in [-0.39, 0.29) is 4.90 Å². The average molecular weight is 374 g/mol. The van der Waals surface area contributed by atoms with E-state index in [1.54, 1.807) is 6.07 Å². The first-order valence-electron chi connectivity index (χ1n) is 8.18. The van der Waals surface area contributed by atoms with Crippen molar-refractivity contribution >= 4 is 15.9 Å². The second-order valence-electron chi connectivity index (χ2n) is 6.07. The maximum absolute atomic E-state index is 12.1. The van der Waals surface area contributed by atoms with Crippen LogP contribution in [-0.2, 0) is 16.6 Å². The van der Waals surface area contributed by atoms with Crippen LogP contribution in [0.15, 0.2) is 52.5 Å². The van der Waals surface area contributed by atoms with Gasteiger partial charge in [0.15, 0.2) is 5.84 Å². The van der Waals surface area contributed by atoms with Gasteiger partial charge in [-0.05, 0) is 36.3 Å². The van der Waals surface area contributed by atoms with Crippen LogP contribution < -0.4 is 21.6 Å². The Hall–Kier alpha value is -2.46. The van der Waals surface area contributed by atoms with E-state index in [0.717, 1.165) is 24.2 Å². The number of amidine groups is 1. The molecule has 0 atom stereocenters. The zero-order chi connectivity index (χ0) is 18.7. The number of primary sulfonamides is 1. The van der Waals surface area contributed by atoms with Crippen LogP contribution in [0, 0.1) is 0 Å². The van der Waals surface area contributed by atoms with Gasteiger partial charge in [-0.1, -0.05) is 43.3 Å². The fraction of sp³-hybridized carbons (Fsp3) is 0.235. The van der Waals surface area contributed by atoms with Crippen LogP contribution in [0.5, 0.6) is 0 Å². The summed E-state index contributed by atoms with van der Waals surface area (Å²) >= 11 is 0. The smallest absolute Gasteiger partial charge is 0.238 e. The molecule has 0 spiro atoms. The lowest BCUT2D eigenvalue weighted by Gasteiger charge is -2.16. The van der Waals surface area contributed by atoms with Gasteiger partial charge in [0.1, 0.15) is 0 Å². The van der Waals surface area contributed by atoms with Gasteiger partial charge >= 0.3 is 0 Å². The van der Waals surface area contributed by atoms with Gasteiger partial charge in [-0.2, -0.15) is 0 Å². The number of sulfonamides is 1. The van der Waals surface area contributed by atoms with Crippen LogP contribution in [0.3, 0.4) is 0 Å². The molecule has 0 amide bonds. The number of nitrogens with zero attached hydrogens (tertiary/aromatic N) is 2. The third-order valence-corrected chi connectivity index (χ3v) is 5.18. The summed E-state index contributed by atoms with van der Waals surface area (Å²) in [5.41, 5.74) is 11.2. The van der Waals surface area contributed by atoms with E-state index in [2.05, 4.69) is 40.5 Å². The Morgan fingerprint density at radius 1 is 1.15 bits per heavy atom. The van der Waals surface area contributed by atoms with Crippen molar-refractivity contribution in [3.63, 3.8) is 0 Å². The molecule has 138 valence electrons. The lowest BCUT2D eigenvalue weighted by molar-refractivity contribution is 0.346. The first-order valence-corrected chi connectivity index (χ1v) is 9.72. The van der Waals surface area contributed by atoms with Gasteiger partial charge in [0.25, 0.3) is 0 Å². The Morgan fingerprint density at radius 2 is 1.88 bits per heavy atom. The SMILES string of the molecule is CCN(C)Cc1ccc(-c2cccc(S(N)(=O)=O)c2C2=NNNN2)cc1. The second kappa shape index (κ2) is 7.42. The van der Waals surface area contributed by atoms with Crippen LogP contribution in [0.1, 0.15) is 18.1 Å². The normalized spacial score (nSPS) is 14.1. The van der Waals surface area contributed by atoms with Crippen LogP contribution in [0.2, 0.25) is 0 Å². The van der Waals surface area contributed by atoms with Crippen LogP contribution >= 0.6 is 0 Å². The van der Waals surface area contributed by atoms with Crippen LogP contribution in [0.25, 0.3) is 11.1 Å². The highest BCUT2D eigenvalue weighted by Gasteiger charge is 2.23. The highest BCUT2D eigenvalue weighted by atomic mass is 32.2. The number of nitrogens with one attached hydrogen (secondary N) is 3. The Balaban J connectivity index is 2.07. The van der Waals surface area contributed by atoms with Crippen molar-refractivity contribution in [2.45, 2.75) is 18.4 Å². The highest BCUT2D eigenvalue weighted by Crippen LogP contribution is 2.29. The third kappa shape index (κ3) is 3.86. The Bertz CT molecular complexity index is 925. The first-order chi connectivity index (χ1) is 12.4. The van der Waals surface area contributed by atoms with Crippen LogP contribution in [0.4, 0.5) is 0 Å². The summed E-state index contributed by atoms with van der Waals surface area (Å²) in [6, 6.07) is 13.0. The molecule has 0 fully saturated rings. The van der Waals surface area contributed by atoms with E-state index < -0.39 is 10.0 Å². The molecular formula is C17H22N6O2S. The molecule has 1 aliphatic heterocycles. The number of hydrazone groups is 1. The lowest BCUT2D eigenvalue weighted by Crippen LogP contribution is -2.36. The molecule has 0 aromatic heterocycles. The van der Waals surface area contributed by atoms with E-state index in [0.29, 0.717) is 11.4 Å². The number of benzene rings is 2. The van der Waals surface area contributed by atoms with E-state index >= 15 is 0 Å².